The number of aromatic nitrogens is 3. The number of hydrogen-bond acceptors (Lipinski definition) is 3. The Labute approximate surface area is 56.7 Å². The summed E-state index contributed by atoms with van der Waals surface area (Å²) < 4.78 is 0. The van der Waals surface area contributed by atoms with Crippen LogP contribution in [0.15, 0.2) is 24.5 Å². The fourth-order valence-corrected chi connectivity index (χ4v) is 0.849. The van der Waals surface area contributed by atoms with Crippen LogP contribution in [-0.4, -0.2) is 20.1 Å². The predicted octanol–water partition coefficient (Wildman–Crippen LogP) is 0.669. The van der Waals surface area contributed by atoms with E-state index in [0.29, 0.717) is 5.65 Å². The van der Waals surface area contributed by atoms with Gasteiger partial charge < -0.3 is 5.21 Å². The first-order chi connectivity index (χ1) is 4.88. The van der Waals surface area contributed by atoms with Crippen molar-refractivity contribution < 1.29 is 5.21 Å². The molecule has 0 radical (unpaired) electrons. The molecule has 0 spiro atoms. The van der Waals surface area contributed by atoms with Crippen LogP contribution in [0.3, 0.4) is 0 Å². The monoisotopic (exact) mass is 135 g/mol. The Morgan fingerprint density at radius 3 is 3.20 bits per heavy atom. The molecule has 1 N–H and O–H groups in total. The van der Waals surface area contributed by atoms with Gasteiger partial charge in [0.25, 0.3) is 0 Å². The number of nitrogens with zero attached hydrogens (tertiary/aromatic N) is 3. The molecule has 0 atom stereocenters. The average molecular weight is 135 g/mol. The van der Waals surface area contributed by atoms with Crippen LogP contribution in [0.2, 0.25) is 0 Å². The molecule has 0 aliphatic heterocycles. The maximum absolute atomic E-state index is 8.95. The van der Waals surface area contributed by atoms with Crippen molar-refractivity contribution in [1.82, 2.24) is 14.9 Å². The lowest BCUT2D eigenvalue weighted by Crippen LogP contribution is -1.92. The van der Waals surface area contributed by atoms with Gasteiger partial charge in [-0.2, -0.15) is 0 Å². The molecule has 2 aromatic rings. The molecule has 0 saturated carbocycles. The molecule has 0 saturated heterocycles. The maximum Gasteiger partial charge on any atom is 0.198 e. The van der Waals surface area contributed by atoms with Gasteiger partial charge in [0.05, 0.1) is 6.20 Å². The summed E-state index contributed by atoms with van der Waals surface area (Å²) in [7, 11) is 0. The third-order valence-corrected chi connectivity index (χ3v) is 1.31. The smallest absolute Gasteiger partial charge is 0.198 e. The second-order valence-electron chi connectivity index (χ2n) is 1.95. The Balaban J connectivity index is 2.93. The van der Waals surface area contributed by atoms with E-state index in [2.05, 4.69) is 10.1 Å². The molecular formula is C6H5N3O. The van der Waals surface area contributed by atoms with Crippen molar-refractivity contribution in [3.8, 4) is 0 Å². The molecule has 2 aromatic heterocycles. The van der Waals surface area contributed by atoms with Crippen molar-refractivity contribution in [2.45, 2.75) is 0 Å². The number of pyridine rings is 1. The Morgan fingerprint density at radius 2 is 2.40 bits per heavy atom. The Morgan fingerprint density at radius 1 is 1.50 bits per heavy atom. The molecule has 0 aromatic carbocycles. The van der Waals surface area contributed by atoms with Crippen molar-refractivity contribution in [2.75, 3.05) is 0 Å². The molecule has 0 bridgehead atoms. The van der Waals surface area contributed by atoms with Crippen molar-refractivity contribution in [3.05, 3.63) is 24.5 Å². The van der Waals surface area contributed by atoms with Crippen LogP contribution in [-0.2, 0) is 0 Å². The van der Waals surface area contributed by atoms with Gasteiger partial charge in [0.2, 0.25) is 0 Å². The molecular weight excluding hydrogens is 130 g/mol. The first-order valence-electron chi connectivity index (χ1n) is 2.86. The van der Waals surface area contributed by atoms with E-state index in [1.54, 1.807) is 18.5 Å². The molecule has 0 unspecified atom stereocenters. The zero-order valence-electron chi connectivity index (χ0n) is 5.10. The molecule has 4 nitrogen and oxygen atoms in total. The predicted molar refractivity (Wildman–Crippen MR) is 34.7 cm³/mol. The van der Waals surface area contributed by atoms with Gasteiger partial charge in [-0.3, -0.25) is 0 Å². The van der Waals surface area contributed by atoms with E-state index in [0.717, 1.165) is 10.2 Å². The SMILES string of the molecule is On1ncc2cccnc21. The summed E-state index contributed by atoms with van der Waals surface area (Å²) in [5.41, 5.74) is 0.488. The highest BCUT2D eigenvalue weighted by Crippen LogP contribution is 2.06. The van der Waals surface area contributed by atoms with E-state index in [1.165, 1.54) is 0 Å². The van der Waals surface area contributed by atoms with E-state index in [-0.39, 0.29) is 0 Å². The molecule has 4 heteroatoms. The van der Waals surface area contributed by atoms with Gasteiger partial charge in [-0.1, -0.05) is 4.85 Å². The summed E-state index contributed by atoms with van der Waals surface area (Å²) in [4.78, 5) is 4.65. The minimum Gasteiger partial charge on any atom is -0.410 e. The molecule has 2 rings (SSSR count). The van der Waals surface area contributed by atoms with Crippen LogP contribution < -0.4 is 0 Å². The highest BCUT2D eigenvalue weighted by Gasteiger charge is 1.97. The lowest BCUT2D eigenvalue weighted by atomic mass is 10.4. The molecule has 0 aliphatic rings. The van der Waals surface area contributed by atoms with Gasteiger partial charge in [-0.15, -0.1) is 5.10 Å². The van der Waals surface area contributed by atoms with Crippen molar-refractivity contribution >= 4 is 11.0 Å². The van der Waals surface area contributed by atoms with Crippen LogP contribution in [0.5, 0.6) is 0 Å². The largest absolute Gasteiger partial charge is 0.410 e. The van der Waals surface area contributed by atoms with E-state index in [4.69, 9.17) is 5.21 Å². The standard InChI is InChI=1S/C6H5N3O/c10-9-6-5(4-8-9)2-1-3-7-6/h1-4,10H. The van der Waals surface area contributed by atoms with Crippen LogP contribution in [0.25, 0.3) is 11.0 Å². The number of rotatable bonds is 0. The second kappa shape index (κ2) is 1.70. The molecule has 0 amide bonds. The van der Waals surface area contributed by atoms with Gasteiger partial charge in [0, 0.05) is 11.6 Å². The fraction of sp³-hybridized carbons (Fsp3) is 0. The van der Waals surface area contributed by atoms with Gasteiger partial charge in [-0.25, -0.2) is 4.98 Å². The van der Waals surface area contributed by atoms with Crippen LogP contribution in [0.4, 0.5) is 0 Å². The van der Waals surface area contributed by atoms with Crippen molar-refractivity contribution in [2.24, 2.45) is 0 Å². The lowest BCUT2D eigenvalue weighted by Gasteiger charge is -1.87. The summed E-state index contributed by atoms with van der Waals surface area (Å²) in [6.45, 7) is 0. The maximum atomic E-state index is 8.95. The topological polar surface area (TPSA) is 50.9 Å². The Hall–Kier alpha value is -1.58. The average Bonchev–Trinajstić information content (AvgIpc) is 2.34. The third kappa shape index (κ3) is 0.556. The van der Waals surface area contributed by atoms with Gasteiger partial charge in [-0.05, 0) is 12.1 Å². The van der Waals surface area contributed by atoms with Gasteiger partial charge in [0.1, 0.15) is 0 Å². The van der Waals surface area contributed by atoms with Crippen molar-refractivity contribution in [3.63, 3.8) is 0 Å². The molecule has 10 heavy (non-hydrogen) atoms. The Bertz CT molecular complexity index is 355. The minimum atomic E-state index is 0.488. The molecule has 50 valence electrons. The minimum absolute atomic E-state index is 0.488. The van der Waals surface area contributed by atoms with Crippen molar-refractivity contribution in [1.29, 1.82) is 0 Å². The highest BCUT2D eigenvalue weighted by molar-refractivity contribution is 5.73. The summed E-state index contributed by atoms with van der Waals surface area (Å²) in [5.74, 6) is 0. The summed E-state index contributed by atoms with van der Waals surface area (Å²) in [5, 5.41) is 13.4. The Kier molecular flexibility index (Phi) is 0.887. The first kappa shape index (κ1) is 5.22. The van der Waals surface area contributed by atoms with Gasteiger partial charge >= 0.3 is 0 Å². The second-order valence-corrected chi connectivity index (χ2v) is 1.95. The first-order valence-corrected chi connectivity index (χ1v) is 2.86. The van der Waals surface area contributed by atoms with Crippen LogP contribution >= 0.6 is 0 Å². The van der Waals surface area contributed by atoms with Gasteiger partial charge in [0.15, 0.2) is 5.65 Å². The van der Waals surface area contributed by atoms with E-state index in [1.807, 2.05) is 6.07 Å². The van der Waals surface area contributed by atoms with Crippen LogP contribution in [0.1, 0.15) is 0 Å². The van der Waals surface area contributed by atoms with E-state index < -0.39 is 0 Å². The normalized spacial score (nSPS) is 10.4. The third-order valence-electron chi connectivity index (χ3n) is 1.31. The van der Waals surface area contributed by atoms with E-state index >= 15 is 0 Å². The zero-order chi connectivity index (χ0) is 6.97. The molecule has 2 heterocycles. The van der Waals surface area contributed by atoms with E-state index in [9.17, 15) is 0 Å². The fourth-order valence-electron chi connectivity index (χ4n) is 0.849. The quantitative estimate of drug-likeness (QED) is 0.540. The lowest BCUT2D eigenvalue weighted by molar-refractivity contribution is 0.159. The highest BCUT2D eigenvalue weighted by atomic mass is 16.5. The number of hydrogen-bond donors (Lipinski definition) is 1. The van der Waals surface area contributed by atoms with Crippen LogP contribution in [0, 0.1) is 0 Å². The zero-order valence-corrected chi connectivity index (χ0v) is 5.10. The molecule has 0 fully saturated rings. The summed E-state index contributed by atoms with van der Waals surface area (Å²) in [6.07, 6.45) is 3.17. The summed E-state index contributed by atoms with van der Waals surface area (Å²) >= 11 is 0. The molecule has 0 aliphatic carbocycles. The number of fused-ring (bicyclic) bond motifs is 1. The summed E-state index contributed by atoms with van der Waals surface area (Å²) in [6, 6.07) is 3.63.